The van der Waals surface area contributed by atoms with Crippen LogP contribution in [0.1, 0.15) is 6.92 Å². The van der Waals surface area contributed by atoms with Crippen molar-refractivity contribution < 1.29 is 8.42 Å². The Balaban J connectivity index is 2.54. The normalized spacial score (nSPS) is 13.6. The molecule has 17 heavy (non-hydrogen) atoms. The molecule has 3 nitrogen and oxygen atoms in total. The molecular formula is C11H16BrNO2S2. The van der Waals surface area contributed by atoms with Gasteiger partial charge in [-0.2, -0.15) is 11.8 Å². The van der Waals surface area contributed by atoms with Crippen LogP contribution in [0.5, 0.6) is 0 Å². The van der Waals surface area contributed by atoms with Crippen molar-refractivity contribution in [3.05, 3.63) is 28.7 Å². The van der Waals surface area contributed by atoms with Crippen LogP contribution in [-0.2, 0) is 9.84 Å². The molecule has 0 aliphatic heterocycles. The molecule has 1 rings (SSSR count). The number of thioether (sulfide) groups is 1. The van der Waals surface area contributed by atoms with E-state index in [0.717, 1.165) is 10.2 Å². The van der Waals surface area contributed by atoms with Gasteiger partial charge in [0.2, 0.25) is 0 Å². The number of nitrogens with two attached hydrogens (primary N) is 1. The van der Waals surface area contributed by atoms with E-state index in [1.54, 1.807) is 36.0 Å². The van der Waals surface area contributed by atoms with Crippen LogP contribution in [0.4, 0.5) is 0 Å². The summed E-state index contributed by atoms with van der Waals surface area (Å²) in [5.74, 6) is 1.53. The SMILES string of the molecule is CC(N)CSCCS(=O)(=O)c1ccc(Br)cc1. The molecule has 0 heterocycles. The highest BCUT2D eigenvalue weighted by atomic mass is 79.9. The molecular weight excluding hydrogens is 322 g/mol. The zero-order valence-electron chi connectivity index (χ0n) is 9.60. The predicted octanol–water partition coefficient (Wildman–Crippen LogP) is 2.30. The Morgan fingerprint density at radius 3 is 2.47 bits per heavy atom. The molecule has 0 aromatic heterocycles. The molecule has 0 spiro atoms. The summed E-state index contributed by atoms with van der Waals surface area (Å²) in [6.07, 6.45) is 0. The van der Waals surface area contributed by atoms with Gasteiger partial charge in [0, 0.05) is 22.0 Å². The monoisotopic (exact) mass is 337 g/mol. The first-order chi connectivity index (χ1) is 7.92. The Labute approximate surface area is 115 Å². The average molecular weight is 338 g/mol. The van der Waals surface area contributed by atoms with Crippen LogP contribution in [-0.4, -0.2) is 31.7 Å². The number of rotatable bonds is 6. The molecule has 6 heteroatoms. The Morgan fingerprint density at radius 1 is 1.35 bits per heavy atom. The van der Waals surface area contributed by atoms with Gasteiger partial charge in [0.15, 0.2) is 9.84 Å². The second-order valence-electron chi connectivity index (χ2n) is 3.82. The highest BCUT2D eigenvalue weighted by Gasteiger charge is 2.13. The minimum Gasteiger partial charge on any atom is -0.327 e. The molecule has 0 fully saturated rings. The lowest BCUT2D eigenvalue weighted by Crippen LogP contribution is -2.18. The number of hydrogen-bond acceptors (Lipinski definition) is 4. The maximum Gasteiger partial charge on any atom is 0.179 e. The third-order valence-corrected chi connectivity index (χ3v) is 5.82. The fraction of sp³-hybridized carbons (Fsp3) is 0.455. The minimum absolute atomic E-state index is 0.107. The van der Waals surface area contributed by atoms with Crippen molar-refractivity contribution in [1.82, 2.24) is 0 Å². The van der Waals surface area contributed by atoms with Gasteiger partial charge in [-0.15, -0.1) is 0 Å². The predicted molar refractivity (Wildman–Crippen MR) is 77.2 cm³/mol. The summed E-state index contributed by atoms with van der Waals surface area (Å²) >= 11 is 4.85. The molecule has 0 radical (unpaired) electrons. The van der Waals surface area contributed by atoms with E-state index >= 15 is 0 Å². The smallest absolute Gasteiger partial charge is 0.179 e. The first kappa shape index (κ1) is 15.0. The van der Waals surface area contributed by atoms with Crippen LogP contribution in [0.3, 0.4) is 0 Å². The summed E-state index contributed by atoms with van der Waals surface area (Å²) in [5.41, 5.74) is 5.59. The highest BCUT2D eigenvalue weighted by Crippen LogP contribution is 2.17. The van der Waals surface area contributed by atoms with E-state index in [1.807, 2.05) is 6.92 Å². The van der Waals surface area contributed by atoms with Gasteiger partial charge in [-0.05, 0) is 31.2 Å². The van der Waals surface area contributed by atoms with Gasteiger partial charge in [0.25, 0.3) is 0 Å². The average Bonchev–Trinajstić information content (AvgIpc) is 2.25. The molecule has 0 saturated heterocycles. The molecule has 1 atom stereocenters. The van der Waals surface area contributed by atoms with Crippen molar-refractivity contribution in [3.8, 4) is 0 Å². The van der Waals surface area contributed by atoms with Crippen molar-refractivity contribution in [1.29, 1.82) is 0 Å². The zero-order chi connectivity index (χ0) is 12.9. The summed E-state index contributed by atoms with van der Waals surface area (Å²) in [6.45, 7) is 1.91. The van der Waals surface area contributed by atoms with Crippen molar-refractivity contribution in [2.45, 2.75) is 17.9 Å². The maximum absolute atomic E-state index is 11.9. The summed E-state index contributed by atoms with van der Waals surface area (Å²) < 4.78 is 24.7. The fourth-order valence-electron chi connectivity index (χ4n) is 1.20. The molecule has 1 aromatic rings. The Bertz CT molecular complexity index is 443. The highest BCUT2D eigenvalue weighted by molar-refractivity contribution is 9.10. The number of benzene rings is 1. The Morgan fingerprint density at radius 2 is 1.94 bits per heavy atom. The van der Waals surface area contributed by atoms with Gasteiger partial charge in [-0.3, -0.25) is 0 Å². The second-order valence-corrected chi connectivity index (χ2v) is 8.00. The van der Waals surface area contributed by atoms with E-state index in [1.165, 1.54) is 0 Å². The molecule has 0 aliphatic rings. The van der Waals surface area contributed by atoms with Crippen molar-refractivity contribution >= 4 is 37.5 Å². The van der Waals surface area contributed by atoms with Gasteiger partial charge < -0.3 is 5.73 Å². The lowest BCUT2D eigenvalue weighted by molar-refractivity contribution is 0.597. The largest absolute Gasteiger partial charge is 0.327 e. The van der Waals surface area contributed by atoms with Gasteiger partial charge in [-0.25, -0.2) is 8.42 Å². The van der Waals surface area contributed by atoms with E-state index < -0.39 is 9.84 Å². The molecule has 0 bridgehead atoms. The standard InChI is InChI=1S/C11H16BrNO2S2/c1-9(13)8-16-6-7-17(14,15)11-4-2-10(12)3-5-11/h2-5,9H,6-8,13H2,1H3. The molecule has 0 aliphatic carbocycles. The first-order valence-corrected chi connectivity index (χ1v) is 8.83. The van der Waals surface area contributed by atoms with E-state index in [-0.39, 0.29) is 11.8 Å². The molecule has 1 unspecified atom stereocenters. The van der Waals surface area contributed by atoms with Gasteiger partial charge in [0.05, 0.1) is 10.6 Å². The summed E-state index contributed by atoms with van der Waals surface area (Å²) in [4.78, 5) is 0.377. The van der Waals surface area contributed by atoms with Crippen LogP contribution in [0.15, 0.2) is 33.6 Å². The molecule has 1 aromatic carbocycles. The lowest BCUT2D eigenvalue weighted by atomic mass is 10.4. The van der Waals surface area contributed by atoms with E-state index in [0.29, 0.717) is 10.6 Å². The third-order valence-electron chi connectivity index (χ3n) is 2.05. The molecule has 2 N–H and O–H groups in total. The first-order valence-electron chi connectivity index (χ1n) is 5.23. The van der Waals surface area contributed by atoms with E-state index in [9.17, 15) is 8.42 Å². The van der Waals surface area contributed by atoms with Gasteiger partial charge >= 0.3 is 0 Å². The summed E-state index contributed by atoms with van der Waals surface area (Å²) in [6, 6.07) is 6.82. The number of hydrogen-bond donors (Lipinski definition) is 1. The van der Waals surface area contributed by atoms with Crippen LogP contribution in [0, 0.1) is 0 Å². The quantitative estimate of drug-likeness (QED) is 0.809. The summed E-state index contributed by atoms with van der Waals surface area (Å²) in [5, 5.41) is 0. The summed E-state index contributed by atoms with van der Waals surface area (Å²) in [7, 11) is -3.16. The van der Waals surface area contributed by atoms with Crippen molar-refractivity contribution in [2.24, 2.45) is 5.73 Å². The number of halogens is 1. The van der Waals surface area contributed by atoms with Crippen LogP contribution in [0.25, 0.3) is 0 Å². The van der Waals surface area contributed by atoms with Crippen molar-refractivity contribution in [3.63, 3.8) is 0 Å². The molecule has 0 amide bonds. The Kier molecular flexibility index (Phi) is 5.99. The lowest BCUT2D eigenvalue weighted by Gasteiger charge is -2.06. The zero-order valence-corrected chi connectivity index (χ0v) is 12.8. The fourth-order valence-corrected chi connectivity index (χ4v) is 4.14. The Hall–Kier alpha value is -0.0400. The molecule has 96 valence electrons. The van der Waals surface area contributed by atoms with E-state index in [4.69, 9.17) is 5.73 Å². The topological polar surface area (TPSA) is 60.2 Å². The third kappa shape index (κ3) is 5.42. The van der Waals surface area contributed by atoms with E-state index in [2.05, 4.69) is 15.9 Å². The molecule has 0 saturated carbocycles. The number of sulfone groups is 1. The maximum atomic E-state index is 11.9. The van der Waals surface area contributed by atoms with Crippen LogP contribution < -0.4 is 5.73 Å². The van der Waals surface area contributed by atoms with Crippen LogP contribution >= 0.6 is 27.7 Å². The minimum atomic E-state index is -3.16. The van der Waals surface area contributed by atoms with Gasteiger partial charge in [-0.1, -0.05) is 15.9 Å². The van der Waals surface area contributed by atoms with Crippen molar-refractivity contribution in [2.75, 3.05) is 17.3 Å². The van der Waals surface area contributed by atoms with Crippen LogP contribution in [0.2, 0.25) is 0 Å². The second kappa shape index (κ2) is 6.78. The van der Waals surface area contributed by atoms with Gasteiger partial charge in [0.1, 0.15) is 0 Å².